The maximum Gasteiger partial charge on any atom is 0.253 e. The number of amides is 1. The third-order valence-electron chi connectivity index (χ3n) is 5.43. The molecule has 7 nitrogen and oxygen atoms in total. The van der Waals surface area contributed by atoms with E-state index in [1.807, 2.05) is 0 Å². The van der Waals surface area contributed by atoms with Crippen molar-refractivity contribution in [2.45, 2.75) is 32.3 Å². The van der Waals surface area contributed by atoms with Crippen molar-refractivity contribution < 1.29 is 24.5 Å². The molecule has 0 bridgehead atoms. The van der Waals surface area contributed by atoms with E-state index >= 15 is 0 Å². The normalized spacial score (nSPS) is 13.2. The van der Waals surface area contributed by atoms with Crippen molar-refractivity contribution in [2.24, 2.45) is 5.92 Å². The number of benzene rings is 2. The summed E-state index contributed by atoms with van der Waals surface area (Å²) in [6.07, 6.45) is 4.75. The van der Waals surface area contributed by atoms with Gasteiger partial charge in [-0.05, 0) is 60.2 Å². The molecule has 8 heteroatoms. The maximum absolute atomic E-state index is 12.3. The molecular formula is C24H23ClN2O5. The van der Waals surface area contributed by atoms with Gasteiger partial charge in [-0.2, -0.15) is 0 Å². The van der Waals surface area contributed by atoms with Gasteiger partial charge in [-0.25, -0.2) is 0 Å². The SMILES string of the molecule is O=C(Cc1ccc(Oc2ccnc3cc(CO)c(C(=O)NCO)cc23)cc1Cl)CC1CC1. The number of fused-ring (bicyclic) bond motifs is 1. The molecular weight excluding hydrogens is 432 g/mol. The molecule has 166 valence electrons. The molecule has 3 N–H and O–H groups in total. The summed E-state index contributed by atoms with van der Waals surface area (Å²) in [6, 6.07) is 10.0. The molecule has 4 rings (SSSR count). The molecule has 1 amide bonds. The van der Waals surface area contributed by atoms with Crippen molar-refractivity contribution in [2.75, 3.05) is 6.73 Å². The summed E-state index contributed by atoms with van der Waals surface area (Å²) >= 11 is 6.40. The molecule has 1 aliphatic carbocycles. The van der Waals surface area contributed by atoms with Crippen LogP contribution in [0.5, 0.6) is 11.5 Å². The lowest BCUT2D eigenvalue weighted by Crippen LogP contribution is -2.25. The van der Waals surface area contributed by atoms with E-state index in [0.717, 1.165) is 18.4 Å². The van der Waals surface area contributed by atoms with Gasteiger partial charge < -0.3 is 20.3 Å². The van der Waals surface area contributed by atoms with Crippen LogP contribution in [-0.2, 0) is 17.8 Å². The van der Waals surface area contributed by atoms with Gasteiger partial charge >= 0.3 is 0 Å². The predicted molar refractivity (Wildman–Crippen MR) is 120 cm³/mol. The number of hydrogen-bond donors (Lipinski definition) is 3. The smallest absolute Gasteiger partial charge is 0.253 e. The number of carbonyl (C=O) groups is 2. The molecule has 1 fully saturated rings. The lowest BCUT2D eigenvalue weighted by atomic mass is 10.0. The summed E-state index contributed by atoms with van der Waals surface area (Å²) in [7, 11) is 0. The number of aliphatic hydroxyl groups excluding tert-OH is 2. The van der Waals surface area contributed by atoms with Crippen LogP contribution in [0.4, 0.5) is 0 Å². The summed E-state index contributed by atoms with van der Waals surface area (Å²) in [4.78, 5) is 28.7. The van der Waals surface area contributed by atoms with Crippen LogP contribution < -0.4 is 10.1 Å². The van der Waals surface area contributed by atoms with E-state index in [2.05, 4.69) is 10.3 Å². The molecule has 0 spiro atoms. The fourth-order valence-corrected chi connectivity index (χ4v) is 3.84. The van der Waals surface area contributed by atoms with Crippen LogP contribution in [0, 0.1) is 5.92 Å². The average molecular weight is 455 g/mol. The maximum atomic E-state index is 12.3. The van der Waals surface area contributed by atoms with Crippen molar-refractivity contribution >= 4 is 34.2 Å². The van der Waals surface area contributed by atoms with Crippen molar-refractivity contribution in [3.63, 3.8) is 0 Å². The zero-order valence-electron chi connectivity index (χ0n) is 17.3. The van der Waals surface area contributed by atoms with Crippen molar-refractivity contribution in [3.05, 3.63) is 64.3 Å². The minimum Gasteiger partial charge on any atom is -0.457 e. The number of aliphatic hydroxyl groups is 2. The molecule has 2 aromatic carbocycles. The van der Waals surface area contributed by atoms with Crippen LogP contribution in [0.25, 0.3) is 10.9 Å². The number of nitrogens with zero attached hydrogens (tertiary/aromatic N) is 1. The topological polar surface area (TPSA) is 109 Å². The average Bonchev–Trinajstić information content (AvgIpc) is 3.59. The highest BCUT2D eigenvalue weighted by Crippen LogP contribution is 2.35. The van der Waals surface area contributed by atoms with E-state index in [1.165, 1.54) is 0 Å². The van der Waals surface area contributed by atoms with E-state index in [0.29, 0.717) is 51.7 Å². The molecule has 0 atom stereocenters. The number of pyridine rings is 1. The molecule has 1 aromatic heterocycles. The quantitative estimate of drug-likeness (QED) is 0.425. The van der Waals surface area contributed by atoms with Gasteiger partial charge in [-0.3, -0.25) is 14.6 Å². The Morgan fingerprint density at radius 1 is 1.12 bits per heavy atom. The predicted octanol–water partition coefficient (Wildman–Crippen LogP) is 3.76. The van der Waals surface area contributed by atoms with Gasteiger partial charge in [0.25, 0.3) is 5.91 Å². The number of nitrogens with one attached hydrogen (secondary N) is 1. The lowest BCUT2D eigenvalue weighted by molar-refractivity contribution is -0.118. The Balaban J connectivity index is 1.60. The Kier molecular flexibility index (Phi) is 6.69. The summed E-state index contributed by atoms with van der Waals surface area (Å²) in [5.41, 5.74) is 1.91. The van der Waals surface area contributed by atoms with E-state index in [9.17, 15) is 14.7 Å². The number of ether oxygens (including phenoxy) is 1. The Labute approximate surface area is 190 Å². The summed E-state index contributed by atoms with van der Waals surface area (Å²) in [5, 5.41) is 22.0. The van der Waals surface area contributed by atoms with Gasteiger partial charge in [-0.1, -0.05) is 17.7 Å². The van der Waals surface area contributed by atoms with Crippen LogP contribution in [0.1, 0.15) is 40.7 Å². The third-order valence-corrected chi connectivity index (χ3v) is 5.79. The van der Waals surface area contributed by atoms with E-state index in [1.54, 1.807) is 42.6 Å². The molecule has 3 aromatic rings. The van der Waals surface area contributed by atoms with Crippen molar-refractivity contribution in [1.29, 1.82) is 0 Å². The highest BCUT2D eigenvalue weighted by atomic mass is 35.5. The molecule has 0 aliphatic heterocycles. The number of rotatable bonds is 9. The summed E-state index contributed by atoms with van der Waals surface area (Å²) < 4.78 is 6.02. The Bertz CT molecular complexity index is 1180. The Morgan fingerprint density at radius 3 is 2.62 bits per heavy atom. The Hall–Kier alpha value is -3.00. The van der Waals surface area contributed by atoms with Crippen LogP contribution in [-0.4, -0.2) is 33.6 Å². The second-order valence-electron chi connectivity index (χ2n) is 7.88. The molecule has 0 unspecified atom stereocenters. The number of aromatic nitrogens is 1. The fourth-order valence-electron chi connectivity index (χ4n) is 3.60. The van der Waals surface area contributed by atoms with Gasteiger partial charge in [0.1, 0.15) is 24.0 Å². The first-order chi connectivity index (χ1) is 15.5. The molecule has 1 aliphatic rings. The Morgan fingerprint density at radius 2 is 1.94 bits per heavy atom. The zero-order chi connectivity index (χ0) is 22.7. The van der Waals surface area contributed by atoms with Gasteiger partial charge in [0, 0.05) is 35.0 Å². The monoisotopic (exact) mass is 454 g/mol. The standard InChI is InChI=1S/C24H23ClN2O5/c25-21-10-18(4-3-15(21)8-17(30)7-14-1-2-14)32-23-5-6-26-22-9-16(12-28)19(11-20(22)23)24(31)27-13-29/h3-6,9-11,14,28-29H,1-2,7-8,12-13H2,(H,27,31). The van der Waals surface area contributed by atoms with Crippen LogP contribution in [0.3, 0.4) is 0 Å². The summed E-state index contributed by atoms with van der Waals surface area (Å²) in [6.45, 7) is -0.875. The number of halogens is 1. The first-order valence-electron chi connectivity index (χ1n) is 10.4. The first-order valence-corrected chi connectivity index (χ1v) is 10.8. The molecule has 0 radical (unpaired) electrons. The minimum atomic E-state index is -0.522. The summed E-state index contributed by atoms with van der Waals surface area (Å²) in [5.74, 6) is 1.15. The molecule has 32 heavy (non-hydrogen) atoms. The number of carbonyl (C=O) groups excluding carboxylic acids is 2. The van der Waals surface area contributed by atoms with Crippen molar-refractivity contribution in [3.8, 4) is 11.5 Å². The largest absolute Gasteiger partial charge is 0.457 e. The number of hydrogen-bond acceptors (Lipinski definition) is 6. The van der Waals surface area contributed by atoms with Crippen LogP contribution in [0.2, 0.25) is 5.02 Å². The number of Topliss-reactive ketones (excluding diaryl/α,β-unsaturated/α-hetero) is 1. The molecule has 1 heterocycles. The van der Waals surface area contributed by atoms with E-state index in [-0.39, 0.29) is 18.0 Å². The van der Waals surface area contributed by atoms with Crippen molar-refractivity contribution in [1.82, 2.24) is 10.3 Å². The second-order valence-corrected chi connectivity index (χ2v) is 8.28. The lowest BCUT2D eigenvalue weighted by Gasteiger charge is -2.13. The van der Waals surface area contributed by atoms with Gasteiger partial charge in [0.05, 0.1) is 12.1 Å². The minimum absolute atomic E-state index is 0.191. The molecule has 1 saturated carbocycles. The van der Waals surface area contributed by atoms with E-state index in [4.69, 9.17) is 21.4 Å². The van der Waals surface area contributed by atoms with Crippen LogP contribution >= 0.6 is 11.6 Å². The van der Waals surface area contributed by atoms with Crippen LogP contribution in [0.15, 0.2) is 42.6 Å². The molecule has 0 saturated heterocycles. The van der Waals surface area contributed by atoms with E-state index < -0.39 is 12.6 Å². The zero-order valence-corrected chi connectivity index (χ0v) is 18.1. The van der Waals surface area contributed by atoms with Gasteiger partial charge in [0.2, 0.25) is 0 Å². The third kappa shape index (κ3) is 5.07. The van der Waals surface area contributed by atoms with Gasteiger partial charge in [-0.15, -0.1) is 0 Å². The fraction of sp³-hybridized carbons (Fsp3) is 0.292. The second kappa shape index (κ2) is 9.65. The first kappa shape index (κ1) is 22.2. The van der Waals surface area contributed by atoms with Gasteiger partial charge in [0.15, 0.2) is 0 Å². The number of ketones is 1. The highest BCUT2D eigenvalue weighted by molar-refractivity contribution is 6.31. The highest BCUT2D eigenvalue weighted by Gasteiger charge is 2.24.